The topological polar surface area (TPSA) is 49.4 Å². The highest BCUT2D eigenvalue weighted by atomic mass is 16.2. The maximum absolute atomic E-state index is 12.5. The van der Waals surface area contributed by atoms with Crippen LogP contribution in [0, 0.1) is 6.92 Å². The molecule has 25 heavy (non-hydrogen) atoms. The summed E-state index contributed by atoms with van der Waals surface area (Å²) in [4.78, 5) is 26.4. The van der Waals surface area contributed by atoms with Gasteiger partial charge < -0.3 is 10.2 Å². The first-order valence-electron chi connectivity index (χ1n) is 8.72. The quantitative estimate of drug-likeness (QED) is 0.861. The minimum atomic E-state index is -0.197. The summed E-state index contributed by atoms with van der Waals surface area (Å²) < 4.78 is 0. The molecule has 0 aliphatic heterocycles. The van der Waals surface area contributed by atoms with Crippen molar-refractivity contribution in [2.45, 2.75) is 40.5 Å². The highest BCUT2D eigenvalue weighted by Gasteiger charge is 2.21. The zero-order valence-corrected chi connectivity index (χ0v) is 15.4. The van der Waals surface area contributed by atoms with Crippen LogP contribution in [0.2, 0.25) is 0 Å². The fourth-order valence-electron chi connectivity index (χ4n) is 2.96. The second-order valence-electron chi connectivity index (χ2n) is 6.10. The molecule has 2 aromatic carbocycles. The number of rotatable bonds is 6. The van der Waals surface area contributed by atoms with Crippen molar-refractivity contribution in [1.29, 1.82) is 0 Å². The maximum Gasteiger partial charge on any atom is 0.244 e. The molecule has 2 rings (SSSR count). The van der Waals surface area contributed by atoms with Gasteiger partial charge in [0.1, 0.15) is 6.54 Å². The van der Waals surface area contributed by atoms with Gasteiger partial charge >= 0.3 is 0 Å². The smallest absolute Gasteiger partial charge is 0.244 e. The predicted molar refractivity (Wildman–Crippen MR) is 103 cm³/mol. The largest absolute Gasteiger partial charge is 0.324 e. The number of hydrogen-bond donors (Lipinski definition) is 1. The lowest BCUT2D eigenvalue weighted by Crippen LogP contribution is -2.38. The van der Waals surface area contributed by atoms with E-state index in [2.05, 4.69) is 19.2 Å². The molecule has 0 aromatic heterocycles. The Morgan fingerprint density at radius 2 is 1.56 bits per heavy atom. The Bertz CT molecular complexity index is 746. The van der Waals surface area contributed by atoms with E-state index < -0.39 is 0 Å². The summed E-state index contributed by atoms with van der Waals surface area (Å²) in [6.07, 6.45) is 1.62. The minimum absolute atomic E-state index is 0.00762. The zero-order valence-electron chi connectivity index (χ0n) is 15.4. The van der Waals surface area contributed by atoms with Crippen LogP contribution < -0.4 is 10.2 Å². The van der Waals surface area contributed by atoms with Crippen molar-refractivity contribution in [1.82, 2.24) is 0 Å². The molecule has 0 spiro atoms. The van der Waals surface area contributed by atoms with Crippen LogP contribution in [0.1, 0.15) is 37.5 Å². The van der Waals surface area contributed by atoms with Gasteiger partial charge in [0.2, 0.25) is 11.8 Å². The predicted octanol–water partition coefficient (Wildman–Crippen LogP) is 4.11. The molecule has 0 radical (unpaired) electrons. The lowest BCUT2D eigenvalue weighted by Gasteiger charge is -2.26. The Kier molecular flexibility index (Phi) is 6.34. The van der Waals surface area contributed by atoms with Gasteiger partial charge in [0.15, 0.2) is 0 Å². The third-order valence-corrected chi connectivity index (χ3v) is 4.34. The number of para-hydroxylation sites is 2. The van der Waals surface area contributed by atoms with Crippen molar-refractivity contribution in [2.24, 2.45) is 0 Å². The van der Waals surface area contributed by atoms with E-state index in [9.17, 15) is 9.59 Å². The summed E-state index contributed by atoms with van der Waals surface area (Å²) in [5, 5.41) is 2.91. The number of anilines is 2. The fourth-order valence-corrected chi connectivity index (χ4v) is 2.96. The molecule has 0 saturated heterocycles. The van der Waals surface area contributed by atoms with Crippen LogP contribution in [0.4, 0.5) is 11.4 Å². The lowest BCUT2D eigenvalue weighted by atomic mass is 10.0. The van der Waals surface area contributed by atoms with E-state index in [0.29, 0.717) is 0 Å². The molecule has 0 heterocycles. The summed E-state index contributed by atoms with van der Waals surface area (Å²) in [6.45, 7) is 7.58. The number of nitrogens with one attached hydrogen (secondary N) is 1. The van der Waals surface area contributed by atoms with Gasteiger partial charge in [-0.1, -0.05) is 50.2 Å². The monoisotopic (exact) mass is 338 g/mol. The molecule has 132 valence electrons. The highest BCUT2D eigenvalue weighted by molar-refractivity contribution is 6.02. The number of amides is 2. The SMILES string of the molecule is CCc1cccc(CC)c1N(CC(=O)Nc1ccccc1C)C(C)=O. The summed E-state index contributed by atoms with van der Waals surface area (Å²) >= 11 is 0. The summed E-state index contributed by atoms with van der Waals surface area (Å²) in [5.41, 5.74) is 4.81. The molecular formula is C21H26N2O2. The van der Waals surface area contributed by atoms with Gasteiger partial charge in [0, 0.05) is 12.6 Å². The average Bonchev–Trinajstić information content (AvgIpc) is 2.60. The van der Waals surface area contributed by atoms with Crippen molar-refractivity contribution in [3.63, 3.8) is 0 Å². The van der Waals surface area contributed by atoms with Crippen LogP contribution in [0.5, 0.6) is 0 Å². The number of carbonyl (C=O) groups is 2. The van der Waals surface area contributed by atoms with Crippen LogP contribution in [0.25, 0.3) is 0 Å². The first-order chi connectivity index (χ1) is 12.0. The van der Waals surface area contributed by atoms with Crippen molar-refractivity contribution in [3.8, 4) is 0 Å². The number of benzene rings is 2. The molecule has 2 amide bonds. The summed E-state index contributed by atoms with van der Waals surface area (Å²) in [6, 6.07) is 13.7. The molecular weight excluding hydrogens is 312 g/mol. The molecule has 0 saturated carbocycles. The fraction of sp³-hybridized carbons (Fsp3) is 0.333. The molecule has 0 aliphatic carbocycles. The first-order valence-corrected chi connectivity index (χ1v) is 8.72. The standard InChI is InChI=1S/C21H26N2O2/c1-5-17-11-9-12-18(6-2)21(17)23(16(4)24)14-20(25)22-19-13-8-7-10-15(19)3/h7-13H,5-6,14H2,1-4H3,(H,22,25). The Morgan fingerprint density at radius 1 is 0.960 bits per heavy atom. The summed E-state index contributed by atoms with van der Waals surface area (Å²) in [5.74, 6) is -0.326. The third kappa shape index (κ3) is 4.47. The van der Waals surface area contributed by atoms with Gasteiger partial charge in [-0.15, -0.1) is 0 Å². The van der Waals surface area contributed by atoms with Gasteiger partial charge in [0.25, 0.3) is 0 Å². The number of carbonyl (C=O) groups excluding carboxylic acids is 2. The summed E-state index contributed by atoms with van der Waals surface area (Å²) in [7, 11) is 0. The molecule has 0 fully saturated rings. The van der Waals surface area contributed by atoms with E-state index in [1.54, 1.807) is 4.90 Å². The second-order valence-corrected chi connectivity index (χ2v) is 6.10. The Hall–Kier alpha value is -2.62. The first kappa shape index (κ1) is 18.7. The van der Waals surface area contributed by atoms with E-state index in [1.807, 2.05) is 49.4 Å². The van der Waals surface area contributed by atoms with Crippen LogP contribution in [-0.2, 0) is 22.4 Å². The van der Waals surface area contributed by atoms with E-state index in [4.69, 9.17) is 0 Å². The van der Waals surface area contributed by atoms with Crippen LogP contribution in [0.15, 0.2) is 42.5 Å². The van der Waals surface area contributed by atoms with Gasteiger partial charge in [-0.25, -0.2) is 0 Å². The number of hydrogen-bond acceptors (Lipinski definition) is 2. The van der Waals surface area contributed by atoms with Crippen LogP contribution in [-0.4, -0.2) is 18.4 Å². The van der Waals surface area contributed by atoms with E-state index in [1.165, 1.54) is 6.92 Å². The molecule has 0 bridgehead atoms. The van der Waals surface area contributed by atoms with Crippen molar-refractivity contribution in [3.05, 3.63) is 59.2 Å². The molecule has 2 aromatic rings. The lowest BCUT2D eigenvalue weighted by molar-refractivity contribution is -0.120. The molecule has 0 unspecified atom stereocenters. The highest BCUT2D eigenvalue weighted by Crippen LogP contribution is 2.27. The third-order valence-electron chi connectivity index (χ3n) is 4.34. The van der Waals surface area contributed by atoms with Gasteiger partial charge in [-0.3, -0.25) is 9.59 Å². The molecule has 0 atom stereocenters. The minimum Gasteiger partial charge on any atom is -0.324 e. The van der Waals surface area contributed by atoms with Crippen molar-refractivity contribution >= 4 is 23.2 Å². The molecule has 1 N–H and O–H groups in total. The van der Waals surface area contributed by atoms with Crippen LogP contribution in [0.3, 0.4) is 0 Å². The van der Waals surface area contributed by atoms with E-state index in [-0.39, 0.29) is 18.4 Å². The van der Waals surface area contributed by atoms with Crippen LogP contribution >= 0.6 is 0 Å². The van der Waals surface area contributed by atoms with Gasteiger partial charge in [0.05, 0.1) is 5.69 Å². The Morgan fingerprint density at radius 3 is 2.08 bits per heavy atom. The average molecular weight is 338 g/mol. The Labute approximate surface area is 149 Å². The van der Waals surface area contributed by atoms with E-state index in [0.717, 1.165) is 40.9 Å². The number of nitrogens with zero attached hydrogens (tertiary/aromatic N) is 1. The molecule has 0 aliphatic rings. The van der Waals surface area contributed by atoms with Gasteiger partial charge in [-0.2, -0.15) is 0 Å². The Balaban J connectivity index is 2.29. The molecule has 4 nitrogen and oxygen atoms in total. The zero-order chi connectivity index (χ0) is 18.4. The normalized spacial score (nSPS) is 10.4. The second kappa shape index (κ2) is 8.47. The number of aryl methyl sites for hydroxylation is 3. The van der Waals surface area contributed by atoms with Gasteiger partial charge in [-0.05, 0) is 42.5 Å². The van der Waals surface area contributed by atoms with Crippen molar-refractivity contribution in [2.75, 3.05) is 16.8 Å². The van der Waals surface area contributed by atoms with Crippen molar-refractivity contribution < 1.29 is 9.59 Å². The molecule has 4 heteroatoms. The maximum atomic E-state index is 12.5. The van der Waals surface area contributed by atoms with E-state index >= 15 is 0 Å².